The second kappa shape index (κ2) is 4.92. The molecular formula is C11H18N4O. The first kappa shape index (κ1) is 12.4. The van der Waals surface area contributed by atoms with Crippen molar-refractivity contribution in [2.24, 2.45) is 5.41 Å². The van der Waals surface area contributed by atoms with Gasteiger partial charge in [-0.25, -0.2) is 9.97 Å². The Morgan fingerprint density at radius 2 is 1.94 bits per heavy atom. The van der Waals surface area contributed by atoms with Crippen molar-refractivity contribution in [3.05, 3.63) is 18.0 Å². The highest BCUT2D eigenvalue weighted by Gasteiger charge is 2.26. The second-order valence-corrected chi connectivity index (χ2v) is 4.40. The molecular weight excluding hydrogens is 204 g/mol. The van der Waals surface area contributed by atoms with Gasteiger partial charge in [0, 0.05) is 26.0 Å². The van der Waals surface area contributed by atoms with E-state index in [4.69, 9.17) is 0 Å². The van der Waals surface area contributed by atoms with Gasteiger partial charge in [0.05, 0.1) is 5.41 Å². The molecule has 0 radical (unpaired) electrons. The minimum Gasteiger partial charge on any atom is -0.359 e. The number of carbonyl (C=O) groups excluding carboxylic acids is 1. The van der Waals surface area contributed by atoms with Crippen LogP contribution in [0.25, 0.3) is 0 Å². The van der Waals surface area contributed by atoms with Crippen LogP contribution in [-0.2, 0) is 4.79 Å². The van der Waals surface area contributed by atoms with E-state index in [1.54, 1.807) is 19.4 Å². The van der Waals surface area contributed by atoms with E-state index in [1.165, 1.54) is 0 Å². The predicted octanol–water partition coefficient (Wildman–Crippen LogP) is 0.969. The van der Waals surface area contributed by atoms with E-state index >= 15 is 0 Å². The zero-order valence-corrected chi connectivity index (χ0v) is 10.2. The molecule has 0 spiro atoms. The highest BCUT2D eigenvalue weighted by molar-refractivity contribution is 5.82. The summed E-state index contributed by atoms with van der Waals surface area (Å²) in [6.45, 7) is 6.16. The number of carbonyl (C=O) groups is 1. The fourth-order valence-corrected chi connectivity index (χ4v) is 1.20. The summed E-state index contributed by atoms with van der Waals surface area (Å²) < 4.78 is 0. The van der Waals surface area contributed by atoms with Crippen LogP contribution >= 0.6 is 0 Å². The Kier molecular flexibility index (Phi) is 3.82. The highest BCUT2D eigenvalue weighted by atomic mass is 16.2. The fraction of sp³-hybridized carbons (Fsp3) is 0.545. The maximum absolute atomic E-state index is 11.5. The zero-order chi connectivity index (χ0) is 12.2. The minimum absolute atomic E-state index is 0.00730. The van der Waals surface area contributed by atoms with E-state index in [9.17, 15) is 4.79 Å². The molecule has 2 N–H and O–H groups in total. The van der Waals surface area contributed by atoms with Gasteiger partial charge in [0.15, 0.2) is 0 Å². The summed E-state index contributed by atoms with van der Waals surface area (Å²) in [5.41, 5.74) is 0.527. The number of hydrogen-bond acceptors (Lipinski definition) is 4. The van der Waals surface area contributed by atoms with Gasteiger partial charge in [0.25, 0.3) is 0 Å². The maximum Gasteiger partial charge on any atom is 0.227 e. The van der Waals surface area contributed by atoms with Crippen LogP contribution in [0.4, 0.5) is 5.95 Å². The zero-order valence-electron chi connectivity index (χ0n) is 10.2. The van der Waals surface area contributed by atoms with E-state index in [0.717, 1.165) is 5.56 Å². The van der Waals surface area contributed by atoms with Crippen LogP contribution in [0.1, 0.15) is 19.4 Å². The first-order valence-electron chi connectivity index (χ1n) is 5.20. The van der Waals surface area contributed by atoms with Crippen molar-refractivity contribution >= 4 is 11.9 Å². The van der Waals surface area contributed by atoms with Gasteiger partial charge in [-0.2, -0.15) is 0 Å². The summed E-state index contributed by atoms with van der Waals surface area (Å²) in [7, 11) is 1.63. The Bertz CT molecular complexity index is 359. The molecule has 0 saturated heterocycles. The highest BCUT2D eigenvalue weighted by Crippen LogP contribution is 2.15. The van der Waals surface area contributed by atoms with Crippen LogP contribution in [0.5, 0.6) is 0 Å². The number of anilines is 1. The van der Waals surface area contributed by atoms with Crippen molar-refractivity contribution in [2.45, 2.75) is 20.8 Å². The summed E-state index contributed by atoms with van der Waals surface area (Å²) in [5.74, 6) is 0.537. The molecule has 0 aliphatic carbocycles. The largest absolute Gasteiger partial charge is 0.359 e. The van der Waals surface area contributed by atoms with Gasteiger partial charge < -0.3 is 10.6 Å². The number of rotatable bonds is 4. The van der Waals surface area contributed by atoms with Gasteiger partial charge in [-0.3, -0.25) is 4.79 Å². The van der Waals surface area contributed by atoms with Crippen molar-refractivity contribution in [1.82, 2.24) is 15.3 Å². The smallest absolute Gasteiger partial charge is 0.227 e. The molecule has 0 aromatic carbocycles. The molecule has 88 valence electrons. The molecule has 0 unspecified atom stereocenters. The van der Waals surface area contributed by atoms with Crippen molar-refractivity contribution in [3.63, 3.8) is 0 Å². The number of aryl methyl sites for hydroxylation is 1. The lowest BCUT2D eigenvalue weighted by molar-refractivity contribution is -0.128. The molecule has 0 aliphatic heterocycles. The molecule has 0 fully saturated rings. The van der Waals surface area contributed by atoms with E-state index < -0.39 is 5.41 Å². The Balaban J connectivity index is 2.57. The average molecular weight is 222 g/mol. The normalized spacial score (nSPS) is 11.0. The SMILES string of the molecule is CNC(=O)C(C)(C)CNc1ncc(C)cn1. The molecule has 5 nitrogen and oxygen atoms in total. The van der Waals surface area contributed by atoms with Crippen molar-refractivity contribution < 1.29 is 4.79 Å². The summed E-state index contributed by atoms with van der Waals surface area (Å²) in [4.78, 5) is 19.7. The Labute approximate surface area is 95.7 Å². The van der Waals surface area contributed by atoms with Gasteiger partial charge >= 0.3 is 0 Å². The van der Waals surface area contributed by atoms with Crippen LogP contribution in [0, 0.1) is 12.3 Å². The van der Waals surface area contributed by atoms with Gasteiger partial charge in [-0.05, 0) is 26.3 Å². The quantitative estimate of drug-likeness (QED) is 0.796. The molecule has 1 aromatic rings. The molecule has 1 heterocycles. The molecule has 16 heavy (non-hydrogen) atoms. The third-order valence-corrected chi connectivity index (χ3v) is 2.31. The standard InChI is InChI=1S/C11H18N4O/c1-8-5-13-10(14-6-8)15-7-11(2,3)9(16)12-4/h5-6H,7H2,1-4H3,(H,12,16)(H,13,14,15). The lowest BCUT2D eigenvalue weighted by Gasteiger charge is -2.22. The fourth-order valence-electron chi connectivity index (χ4n) is 1.20. The van der Waals surface area contributed by atoms with Gasteiger partial charge in [-0.1, -0.05) is 0 Å². The van der Waals surface area contributed by atoms with Gasteiger partial charge in [0.2, 0.25) is 11.9 Å². The first-order chi connectivity index (χ1) is 7.45. The summed E-state index contributed by atoms with van der Waals surface area (Å²) in [6, 6.07) is 0. The van der Waals surface area contributed by atoms with E-state index in [-0.39, 0.29) is 5.91 Å². The Morgan fingerprint density at radius 3 is 2.44 bits per heavy atom. The van der Waals surface area contributed by atoms with Gasteiger partial charge in [0.1, 0.15) is 0 Å². The first-order valence-corrected chi connectivity index (χ1v) is 5.20. The number of nitrogens with one attached hydrogen (secondary N) is 2. The molecule has 0 bridgehead atoms. The minimum atomic E-state index is -0.483. The molecule has 1 aromatic heterocycles. The second-order valence-electron chi connectivity index (χ2n) is 4.40. The number of nitrogens with zero attached hydrogens (tertiary/aromatic N) is 2. The lowest BCUT2D eigenvalue weighted by Crippen LogP contribution is -2.39. The third kappa shape index (κ3) is 3.18. The topological polar surface area (TPSA) is 66.9 Å². The monoisotopic (exact) mass is 222 g/mol. The van der Waals surface area contributed by atoms with Crippen LogP contribution < -0.4 is 10.6 Å². The Morgan fingerprint density at radius 1 is 1.38 bits per heavy atom. The van der Waals surface area contributed by atoms with E-state index in [0.29, 0.717) is 12.5 Å². The van der Waals surface area contributed by atoms with Crippen LogP contribution in [0.2, 0.25) is 0 Å². The van der Waals surface area contributed by atoms with Crippen molar-refractivity contribution in [2.75, 3.05) is 18.9 Å². The summed E-state index contributed by atoms with van der Waals surface area (Å²) in [5, 5.41) is 5.68. The van der Waals surface area contributed by atoms with E-state index in [2.05, 4.69) is 20.6 Å². The lowest BCUT2D eigenvalue weighted by atomic mass is 9.92. The van der Waals surface area contributed by atoms with Crippen molar-refractivity contribution in [3.8, 4) is 0 Å². The molecule has 0 aliphatic rings. The molecule has 1 rings (SSSR count). The summed E-state index contributed by atoms with van der Waals surface area (Å²) in [6.07, 6.45) is 3.48. The van der Waals surface area contributed by atoms with Crippen molar-refractivity contribution in [1.29, 1.82) is 0 Å². The molecule has 1 amide bonds. The summed E-state index contributed by atoms with van der Waals surface area (Å²) >= 11 is 0. The number of hydrogen-bond donors (Lipinski definition) is 2. The average Bonchev–Trinajstić information content (AvgIpc) is 2.27. The maximum atomic E-state index is 11.5. The van der Waals surface area contributed by atoms with Crippen LogP contribution in [-0.4, -0.2) is 29.5 Å². The predicted molar refractivity (Wildman–Crippen MR) is 63.1 cm³/mol. The number of amides is 1. The van der Waals surface area contributed by atoms with Crippen LogP contribution in [0.15, 0.2) is 12.4 Å². The van der Waals surface area contributed by atoms with E-state index in [1.807, 2.05) is 20.8 Å². The molecule has 5 heteroatoms. The molecule has 0 saturated carbocycles. The third-order valence-electron chi connectivity index (χ3n) is 2.31. The van der Waals surface area contributed by atoms with Crippen LogP contribution in [0.3, 0.4) is 0 Å². The van der Waals surface area contributed by atoms with Gasteiger partial charge in [-0.15, -0.1) is 0 Å². The molecule has 0 atom stereocenters. The Hall–Kier alpha value is -1.65. The number of aromatic nitrogens is 2.